The van der Waals surface area contributed by atoms with Gasteiger partial charge in [-0.1, -0.05) is 6.07 Å². The molecule has 0 bridgehead atoms. The lowest BCUT2D eigenvalue weighted by Crippen LogP contribution is -2.35. The summed E-state index contributed by atoms with van der Waals surface area (Å²) < 4.78 is 0. The minimum Gasteiger partial charge on any atom is -0.347 e. The van der Waals surface area contributed by atoms with E-state index in [0.29, 0.717) is 22.9 Å². The fourth-order valence-corrected chi connectivity index (χ4v) is 2.37. The summed E-state index contributed by atoms with van der Waals surface area (Å²) >= 11 is 0. The number of nitrogens with one attached hydrogen (secondary N) is 4. The zero-order chi connectivity index (χ0) is 19.2. The molecule has 3 aromatic heterocycles. The third kappa shape index (κ3) is 4.63. The monoisotopic (exact) mass is 367 g/mol. The molecule has 3 aromatic rings. The average molecular weight is 367 g/mol. The molecule has 3 heterocycles. The van der Waals surface area contributed by atoms with E-state index in [-0.39, 0.29) is 18.5 Å². The Morgan fingerprint density at radius 3 is 2.74 bits per heavy atom. The lowest BCUT2D eigenvalue weighted by atomic mass is 10.1. The third-order valence-corrected chi connectivity index (χ3v) is 3.70. The summed E-state index contributed by atoms with van der Waals surface area (Å²) in [4.78, 5) is 47.2. The SMILES string of the molecule is Cc1nc(-c2ccccn2)[nH]c(=O)c1CC(=O)NCC(=O)Nc1cn[nH]c1. The van der Waals surface area contributed by atoms with Crippen LogP contribution in [0.1, 0.15) is 11.3 Å². The molecule has 4 N–H and O–H groups in total. The van der Waals surface area contributed by atoms with Gasteiger partial charge in [0.25, 0.3) is 5.56 Å². The Kier molecular flexibility index (Phi) is 5.36. The quantitative estimate of drug-likeness (QED) is 0.488. The molecule has 138 valence electrons. The summed E-state index contributed by atoms with van der Waals surface area (Å²) in [6.07, 6.45) is 4.37. The summed E-state index contributed by atoms with van der Waals surface area (Å²) in [6, 6.07) is 5.27. The maximum Gasteiger partial charge on any atom is 0.255 e. The zero-order valence-corrected chi connectivity index (χ0v) is 14.4. The van der Waals surface area contributed by atoms with Crippen LogP contribution in [0.15, 0.2) is 41.6 Å². The lowest BCUT2D eigenvalue weighted by molar-refractivity contribution is -0.123. The number of amides is 2. The molecule has 10 nitrogen and oxygen atoms in total. The van der Waals surface area contributed by atoms with Crippen molar-refractivity contribution < 1.29 is 9.59 Å². The second-order valence-electron chi connectivity index (χ2n) is 5.68. The van der Waals surface area contributed by atoms with Crippen LogP contribution in [0.4, 0.5) is 5.69 Å². The second-order valence-corrected chi connectivity index (χ2v) is 5.68. The first-order chi connectivity index (χ1) is 13.0. The first-order valence-electron chi connectivity index (χ1n) is 8.09. The van der Waals surface area contributed by atoms with E-state index < -0.39 is 17.4 Å². The van der Waals surface area contributed by atoms with Gasteiger partial charge in [-0.05, 0) is 19.1 Å². The van der Waals surface area contributed by atoms with Crippen LogP contribution in [0.25, 0.3) is 11.5 Å². The van der Waals surface area contributed by atoms with Gasteiger partial charge in [0.15, 0.2) is 5.82 Å². The second kappa shape index (κ2) is 8.04. The summed E-state index contributed by atoms with van der Waals surface area (Å²) in [5, 5.41) is 11.3. The molecule has 3 rings (SSSR count). The number of pyridine rings is 1. The molecule has 0 saturated carbocycles. The van der Waals surface area contributed by atoms with Crippen LogP contribution in [0, 0.1) is 6.92 Å². The van der Waals surface area contributed by atoms with Gasteiger partial charge in [0, 0.05) is 23.7 Å². The third-order valence-electron chi connectivity index (χ3n) is 3.70. The maximum atomic E-state index is 12.3. The molecule has 0 spiro atoms. The number of aromatic amines is 2. The van der Waals surface area contributed by atoms with Crippen molar-refractivity contribution in [1.29, 1.82) is 0 Å². The predicted octanol–water partition coefficient (Wildman–Crippen LogP) is 0.161. The van der Waals surface area contributed by atoms with E-state index in [1.54, 1.807) is 31.3 Å². The number of H-pyrrole nitrogens is 2. The van der Waals surface area contributed by atoms with Crippen LogP contribution in [-0.4, -0.2) is 43.5 Å². The molecule has 10 heteroatoms. The number of anilines is 1. The molecule has 0 aliphatic rings. The van der Waals surface area contributed by atoms with Crippen molar-refractivity contribution >= 4 is 17.5 Å². The first-order valence-corrected chi connectivity index (χ1v) is 8.09. The zero-order valence-electron chi connectivity index (χ0n) is 14.4. The number of nitrogens with zero attached hydrogens (tertiary/aromatic N) is 3. The smallest absolute Gasteiger partial charge is 0.255 e. The van der Waals surface area contributed by atoms with E-state index in [0.717, 1.165) is 0 Å². The molecular weight excluding hydrogens is 350 g/mol. The topological polar surface area (TPSA) is 146 Å². The van der Waals surface area contributed by atoms with Crippen molar-refractivity contribution in [2.24, 2.45) is 0 Å². The Bertz CT molecular complexity index is 997. The minimum atomic E-state index is -0.460. The van der Waals surface area contributed by atoms with Crippen LogP contribution in [0.5, 0.6) is 0 Å². The van der Waals surface area contributed by atoms with E-state index >= 15 is 0 Å². The Hall–Kier alpha value is -3.82. The van der Waals surface area contributed by atoms with Crippen LogP contribution in [0.2, 0.25) is 0 Å². The molecule has 0 atom stereocenters. The number of carbonyl (C=O) groups is 2. The van der Waals surface area contributed by atoms with Crippen LogP contribution in [0.3, 0.4) is 0 Å². The van der Waals surface area contributed by atoms with Gasteiger partial charge in [-0.3, -0.25) is 24.5 Å². The lowest BCUT2D eigenvalue weighted by Gasteiger charge is -2.08. The number of rotatable bonds is 6. The van der Waals surface area contributed by atoms with E-state index in [9.17, 15) is 14.4 Å². The Balaban J connectivity index is 1.62. The molecular formula is C17H17N7O3. The van der Waals surface area contributed by atoms with Gasteiger partial charge in [-0.15, -0.1) is 0 Å². The summed E-state index contributed by atoms with van der Waals surface area (Å²) in [5.41, 5.74) is 1.28. The first kappa shape index (κ1) is 18.0. The molecule has 0 unspecified atom stereocenters. The fraction of sp³-hybridized carbons (Fsp3) is 0.176. The molecule has 0 fully saturated rings. The number of carbonyl (C=O) groups excluding carboxylic acids is 2. The highest BCUT2D eigenvalue weighted by Crippen LogP contribution is 2.11. The van der Waals surface area contributed by atoms with Crippen molar-refractivity contribution in [2.45, 2.75) is 13.3 Å². The van der Waals surface area contributed by atoms with Crippen LogP contribution >= 0.6 is 0 Å². The molecule has 2 amide bonds. The fourth-order valence-electron chi connectivity index (χ4n) is 2.37. The van der Waals surface area contributed by atoms with Crippen LogP contribution < -0.4 is 16.2 Å². The Labute approximate surface area is 153 Å². The van der Waals surface area contributed by atoms with Gasteiger partial charge in [0.1, 0.15) is 5.69 Å². The molecule has 0 radical (unpaired) electrons. The van der Waals surface area contributed by atoms with Crippen LogP contribution in [-0.2, 0) is 16.0 Å². The van der Waals surface area contributed by atoms with Gasteiger partial charge in [-0.2, -0.15) is 5.10 Å². The molecule has 0 saturated heterocycles. The molecule has 0 aliphatic carbocycles. The normalized spacial score (nSPS) is 10.4. The number of aromatic nitrogens is 5. The van der Waals surface area contributed by atoms with Crippen molar-refractivity contribution in [2.75, 3.05) is 11.9 Å². The van der Waals surface area contributed by atoms with Gasteiger partial charge in [0.2, 0.25) is 11.8 Å². The highest BCUT2D eigenvalue weighted by Gasteiger charge is 2.14. The van der Waals surface area contributed by atoms with Crippen molar-refractivity contribution in [3.05, 3.63) is 58.4 Å². The molecule has 27 heavy (non-hydrogen) atoms. The average Bonchev–Trinajstić information content (AvgIpc) is 3.16. The highest BCUT2D eigenvalue weighted by molar-refractivity contribution is 5.94. The Morgan fingerprint density at radius 1 is 1.22 bits per heavy atom. The van der Waals surface area contributed by atoms with Crippen molar-refractivity contribution in [3.63, 3.8) is 0 Å². The molecule has 0 aliphatic heterocycles. The van der Waals surface area contributed by atoms with Crippen molar-refractivity contribution in [3.8, 4) is 11.5 Å². The van der Waals surface area contributed by atoms with E-state index in [1.165, 1.54) is 12.4 Å². The van der Waals surface area contributed by atoms with Gasteiger partial charge in [-0.25, -0.2) is 4.98 Å². The largest absolute Gasteiger partial charge is 0.347 e. The number of hydrogen-bond donors (Lipinski definition) is 4. The summed E-state index contributed by atoms with van der Waals surface area (Å²) in [6.45, 7) is 1.43. The predicted molar refractivity (Wildman–Crippen MR) is 96.8 cm³/mol. The van der Waals surface area contributed by atoms with E-state index in [4.69, 9.17) is 0 Å². The number of aryl methyl sites for hydroxylation is 1. The van der Waals surface area contributed by atoms with Crippen molar-refractivity contribution in [1.82, 2.24) is 30.5 Å². The summed E-state index contributed by atoms with van der Waals surface area (Å²) in [7, 11) is 0. The standard InChI is InChI=1S/C17H17N7O3/c1-10-12(17(27)24-16(22-10)13-4-2-3-5-18-13)6-14(25)19-9-15(26)23-11-7-20-21-8-11/h2-5,7-8H,6,9H2,1H3,(H,19,25)(H,20,21)(H,23,26)(H,22,24,27). The van der Waals surface area contributed by atoms with Gasteiger partial charge >= 0.3 is 0 Å². The Morgan fingerprint density at radius 2 is 2.07 bits per heavy atom. The van der Waals surface area contributed by atoms with E-state index in [1.807, 2.05) is 0 Å². The highest BCUT2D eigenvalue weighted by atomic mass is 16.2. The summed E-state index contributed by atoms with van der Waals surface area (Å²) in [5.74, 6) is -0.529. The molecule has 0 aromatic carbocycles. The van der Waals surface area contributed by atoms with Gasteiger partial charge in [0.05, 0.1) is 24.8 Å². The van der Waals surface area contributed by atoms with Gasteiger partial charge < -0.3 is 15.6 Å². The number of hydrogen-bond acceptors (Lipinski definition) is 6. The van der Waals surface area contributed by atoms with E-state index in [2.05, 4.69) is 35.8 Å². The maximum absolute atomic E-state index is 12.3. The minimum absolute atomic E-state index is 0.185.